The maximum absolute atomic E-state index is 13.0. The van der Waals surface area contributed by atoms with Gasteiger partial charge in [0.15, 0.2) is 0 Å². The molecule has 0 saturated carbocycles. The number of benzene rings is 1. The van der Waals surface area contributed by atoms with E-state index < -0.39 is 17.7 Å². The van der Waals surface area contributed by atoms with Gasteiger partial charge in [-0.2, -0.15) is 5.26 Å². The number of carbonyl (C=O) groups is 3. The summed E-state index contributed by atoms with van der Waals surface area (Å²) in [7, 11) is 0. The van der Waals surface area contributed by atoms with Crippen LogP contribution >= 0.6 is 0 Å². The number of anilines is 1. The molecule has 1 aromatic heterocycles. The van der Waals surface area contributed by atoms with E-state index in [1.165, 1.54) is 23.4 Å². The topological polar surface area (TPSA) is 129 Å². The van der Waals surface area contributed by atoms with Crippen LogP contribution in [0.3, 0.4) is 0 Å². The summed E-state index contributed by atoms with van der Waals surface area (Å²) in [6.45, 7) is 2.43. The van der Waals surface area contributed by atoms with E-state index in [-0.39, 0.29) is 23.2 Å². The standard InChI is InChI=1S/C21H21N5O3/c1-13-6-7-18(17-5-3-2-4-14(17)9-22)26(12-13)21(29)20(28)25-16-8-15(19(23)27)10-24-11-16/h2-5,8,10-11,13,18H,6-7,12H2,1H3,(H2,23,27)(H,25,28)/t13-,18+/m0/s1. The molecule has 8 heteroatoms. The number of primary amides is 1. The Labute approximate surface area is 168 Å². The summed E-state index contributed by atoms with van der Waals surface area (Å²) in [6, 6.07) is 10.3. The van der Waals surface area contributed by atoms with Crippen molar-refractivity contribution in [1.29, 1.82) is 5.26 Å². The first-order valence-corrected chi connectivity index (χ1v) is 9.26. The number of nitriles is 1. The highest BCUT2D eigenvalue weighted by Crippen LogP contribution is 2.35. The van der Waals surface area contributed by atoms with Crippen LogP contribution in [0.4, 0.5) is 5.69 Å². The van der Waals surface area contributed by atoms with Crippen molar-refractivity contribution in [2.45, 2.75) is 25.8 Å². The summed E-state index contributed by atoms with van der Waals surface area (Å²) in [5.41, 5.74) is 6.78. The molecule has 1 aliphatic rings. The number of amides is 3. The summed E-state index contributed by atoms with van der Waals surface area (Å²) in [5.74, 6) is -1.98. The van der Waals surface area contributed by atoms with E-state index in [0.717, 1.165) is 12.0 Å². The molecule has 3 amide bonds. The molecule has 1 aliphatic heterocycles. The molecule has 29 heavy (non-hydrogen) atoms. The molecule has 3 rings (SSSR count). The second kappa shape index (κ2) is 8.52. The highest BCUT2D eigenvalue weighted by Gasteiger charge is 2.35. The van der Waals surface area contributed by atoms with E-state index in [9.17, 15) is 19.6 Å². The number of piperidine rings is 1. The predicted octanol–water partition coefficient (Wildman–Crippen LogP) is 1.99. The molecule has 148 valence electrons. The molecule has 8 nitrogen and oxygen atoms in total. The number of aromatic nitrogens is 1. The molecule has 0 bridgehead atoms. The van der Waals surface area contributed by atoms with E-state index in [1.54, 1.807) is 12.1 Å². The van der Waals surface area contributed by atoms with Gasteiger partial charge in [0, 0.05) is 12.7 Å². The van der Waals surface area contributed by atoms with Gasteiger partial charge in [0.25, 0.3) is 0 Å². The fourth-order valence-corrected chi connectivity index (χ4v) is 3.55. The van der Waals surface area contributed by atoms with Crippen molar-refractivity contribution in [2.75, 3.05) is 11.9 Å². The van der Waals surface area contributed by atoms with Crippen LogP contribution < -0.4 is 11.1 Å². The molecule has 3 N–H and O–H groups in total. The second-order valence-electron chi connectivity index (χ2n) is 7.14. The van der Waals surface area contributed by atoms with Gasteiger partial charge in [-0.1, -0.05) is 25.1 Å². The monoisotopic (exact) mass is 391 g/mol. The zero-order chi connectivity index (χ0) is 21.0. The van der Waals surface area contributed by atoms with E-state index in [1.807, 2.05) is 19.1 Å². The smallest absolute Gasteiger partial charge is 0.313 e. The quantitative estimate of drug-likeness (QED) is 0.773. The lowest BCUT2D eigenvalue weighted by atomic mass is 9.88. The molecule has 0 spiro atoms. The van der Waals surface area contributed by atoms with Crippen LogP contribution in [0.1, 0.15) is 47.3 Å². The summed E-state index contributed by atoms with van der Waals surface area (Å²) >= 11 is 0. The van der Waals surface area contributed by atoms with Crippen molar-refractivity contribution in [3.05, 3.63) is 59.4 Å². The van der Waals surface area contributed by atoms with Gasteiger partial charge in [0.05, 0.1) is 35.1 Å². The first-order chi connectivity index (χ1) is 13.9. The summed E-state index contributed by atoms with van der Waals surface area (Å²) in [4.78, 5) is 42.2. The molecule has 1 saturated heterocycles. The Balaban J connectivity index is 1.84. The number of nitrogens with one attached hydrogen (secondary N) is 1. The fourth-order valence-electron chi connectivity index (χ4n) is 3.55. The van der Waals surface area contributed by atoms with Gasteiger partial charge >= 0.3 is 11.8 Å². The maximum Gasteiger partial charge on any atom is 0.313 e. The van der Waals surface area contributed by atoms with Crippen molar-refractivity contribution >= 4 is 23.4 Å². The molecular weight excluding hydrogens is 370 g/mol. The van der Waals surface area contributed by atoms with Crippen molar-refractivity contribution in [1.82, 2.24) is 9.88 Å². The largest absolute Gasteiger partial charge is 0.366 e. The molecule has 1 aromatic carbocycles. The van der Waals surface area contributed by atoms with Crippen LogP contribution in [0.15, 0.2) is 42.7 Å². The van der Waals surface area contributed by atoms with E-state index >= 15 is 0 Å². The average molecular weight is 391 g/mol. The van der Waals surface area contributed by atoms with Crippen LogP contribution in [0.5, 0.6) is 0 Å². The highest BCUT2D eigenvalue weighted by molar-refractivity contribution is 6.39. The molecule has 1 fully saturated rings. The number of nitrogens with two attached hydrogens (primary N) is 1. The Morgan fingerprint density at radius 3 is 2.72 bits per heavy atom. The summed E-state index contributed by atoms with van der Waals surface area (Å²) in [5, 5.41) is 11.9. The zero-order valence-corrected chi connectivity index (χ0v) is 16.0. The van der Waals surface area contributed by atoms with Gasteiger partial charge in [-0.25, -0.2) is 0 Å². The van der Waals surface area contributed by atoms with Crippen LogP contribution in [-0.2, 0) is 9.59 Å². The van der Waals surface area contributed by atoms with Gasteiger partial charge in [-0.3, -0.25) is 19.4 Å². The van der Waals surface area contributed by atoms with Crippen LogP contribution in [-0.4, -0.2) is 34.2 Å². The minimum Gasteiger partial charge on any atom is -0.366 e. The molecule has 2 heterocycles. The third-order valence-corrected chi connectivity index (χ3v) is 4.99. The first kappa shape index (κ1) is 20.0. The Bertz CT molecular complexity index is 998. The molecule has 2 aromatic rings. The Hall–Kier alpha value is -3.73. The summed E-state index contributed by atoms with van der Waals surface area (Å²) in [6.07, 6.45) is 4.16. The van der Waals surface area contributed by atoms with Gasteiger partial charge in [-0.05, 0) is 36.5 Å². The van der Waals surface area contributed by atoms with E-state index in [0.29, 0.717) is 18.5 Å². The number of hydrogen-bond acceptors (Lipinski definition) is 5. The van der Waals surface area contributed by atoms with Crippen LogP contribution in [0, 0.1) is 17.2 Å². The number of rotatable bonds is 3. The molecule has 0 radical (unpaired) electrons. The lowest BCUT2D eigenvalue weighted by molar-refractivity contribution is -0.146. The third-order valence-electron chi connectivity index (χ3n) is 4.99. The number of nitrogens with zero attached hydrogens (tertiary/aromatic N) is 3. The van der Waals surface area contributed by atoms with Crippen LogP contribution in [0.2, 0.25) is 0 Å². The van der Waals surface area contributed by atoms with Crippen molar-refractivity contribution in [2.24, 2.45) is 11.7 Å². The van der Waals surface area contributed by atoms with E-state index in [4.69, 9.17) is 5.73 Å². The number of hydrogen-bond donors (Lipinski definition) is 2. The fraction of sp³-hybridized carbons (Fsp3) is 0.286. The Morgan fingerprint density at radius 1 is 1.24 bits per heavy atom. The molecule has 2 atom stereocenters. The van der Waals surface area contributed by atoms with E-state index in [2.05, 4.69) is 16.4 Å². The normalized spacial score (nSPS) is 18.6. The maximum atomic E-state index is 13.0. The Morgan fingerprint density at radius 2 is 2.00 bits per heavy atom. The SMILES string of the molecule is C[C@H]1CC[C@H](c2ccccc2C#N)N(C(=O)C(=O)Nc2cncc(C(N)=O)c2)C1. The Kier molecular flexibility index (Phi) is 5.88. The lowest BCUT2D eigenvalue weighted by Gasteiger charge is -2.38. The molecule has 0 aliphatic carbocycles. The predicted molar refractivity (Wildman–Crippen MR) is 105 cm³/mol. The molecular formula is C21H21N5O3. The van der Waals surface area contributed by atoms with Crippen LogP contribution in [0.25, 0.3) is 0 Å². The van der Waals surface area contributed by atoms with Gasteiger partial charge in [0.2, 0.25) is 5.91 Å². The molecule has 0 unspecified atom stereocenters. The van der Waals surface area contributed by atoms with Crippen molar-refractivity contribution in [3.8, 4) is 6.07 Å². The minimum absolute atomic E-state index is 0.127. The average Bonchev–Trinajstić information content (AvgIpc) is 2.73. The zero-order valence-electron chi connectivity index (χ0n) is 16.0. The lowest BCUT2D eigenvalue weighted by Crippen LogP contribution is -2.46. The number of pyridine rings is 1. The van der Waals surface area contributed by atoms with Gasteiger partial charge < -0.3 is 16.0 Å². The highest BCUT2D eigenvalue weighted by atomic mass is 16.2. The van der Waals surface area contributed by atoms with Gasteiger partial charge in [-0.15, -0.1) is 0 Å². The first-order valence-electron chi connectivity index (χ1n) is 9.26. The second-order valence-corrected chi connectivity index (χ2v) is 7.14. The third kappa shape index (κ3) is 4.41. The number of carbonyl (C=O) groups excluding carboxylic acids is 3. The van der Waals surface area contributed by atoms with Crippen molar-refractivity contribution < 1.29 is 14.4 Å². The van der Waals surface area contributed by atoms with Gasteiger partial charge in [0.1, 0.15) is 0 Å². The minimum atomic E-state index is -0.832. The summed E-state index contributed by atoms with van der Waals surface area (Å²) < 4.78 is 0. The number of likely N-dealkylation sites (tertiary alicyclic amines) is 1. The van der Waals surface area contributed by atoms with Crippen molar-refractivity contribution in [3.63, 3.8) is 0 Å².